The summed E-state index contributed by atoms with van der Waals surface area (Å²) >= 11 is 0. The third-order valence-corrected chi connectivity index (χ3v) is 5.18. The van der Waals surface area contributed by atoms with Gasteiger partial charge in [-0.05, 0) is 31.2 Å². The van der Waals surface area contributed by atoms with Gasteiger partial charge in [-0.15, -0.1) is 0 Å². The predicted octanol–water partition coefficient (Wildman–Crippen LogP) is 7.17. The van der Waals surface area contributed by atoms with E-state index in [1.807, 2.05) is 0 Å². The summed E-state index contributed by atoms with van der Waals surface area (Å²) in [5.41, 5.74) is 6.44. The standard InChI is InChI=1S/C26H24N/c1-22-13-11-12-20-26(22)27(24-16-7-3-8-17-24,25-18-9-4-10-19-25)21-23-14-5-2-6-15-23/h2-20H,21H2,1H3/q+1. The second-order valence-corrected chi connectivity index (χ2v) is 6.91. The van der Waals surface area contributed by atoms with Crippen molar-refractivity contribution in [3.63, 3.8) is 0 Å². The molecule has 4 aromatic carbocycles. The molecule has 0 bridgehead atoms. The molecule has 27 heavy (non-hydrogen) atoms. The molecular formula is C26H24N+. The number of quaternary nitrogens is 1. The highest BCUT2D eigenvalue weighted by Crippen LogP contribution is 2.46. The number of nitrogens with zero attached hydrogens (tertiary/aromatic N) is 1. The molecule has 1 heteroatoms. The van der Waals surface area contributed by atoms with Gasteiger partial charge in [-0.3, -0.25) is 0 Å². The third kappa shape index (κ3) is 3.30. The Morgan fingerprint density at radius 3 is 1.48 bits per heavy atom. The van der Waals surface area contributed by atoms with Crippen LogP contribution >= 0.6 is 0 Å². The van der Waals surface area contributed by atoms with Gasteiger partial charge in [0.05, 0.1) is 0 Å². The van der Waals surface area contributed by atoms with Gasteiger partial charge in [0.1, 0.15) is 23.6 Å². The van der Waals surface area contributed by atoms with Crippen molar-refractivity contribution in [3.8, 4) is 0 Å². The van der Waals surface area contributed by atoms with Crippen molar-refractivity contribution in [2.75, 3.05) is 0 Å². The molecule has 4 rings (SSSR count). The highest BCUT2D eigenvalue weighted by atomic mass is 15.4. The zero-order chi connectivity index (χ0) is 18.5. The maximum Gasteiger partial charge on any atom is 0.146 e. The Morgan fingerprint density at radius 1 is 0.519 bits per heavy atom. The van der Waals surface area contributed by atoms with Crippen molar-refractivity contribution in [2.24, 2.45) is 0 Å². The van der Waals surface area contributed by atoms with Crippen LogP contribution in [0.4, 0.5) is 17.1 Å². The summed E-state index contributed by atoms with van der Waals surface area (Å²) in [7, 11) is 0. The maximum absolute atomic E-state index is 2.26. The molecule has 0 N–H and O–H groups in total. The van der Waals surface area contributed by atoms with Gasteiger partial charge in [0.15, 0.2) is 0 Å². The zero-order valence-electron chi connectivity index (χ0n) is 15.6. The SMILES string of the molecule is Cc1ccccc1[N+](Cc1ccccc1)(c1ccccc1)c1ccccc1. The van der Waals surface area contributed by atoms with Crippen LogP contribution in [-0.2, 0) is 6.54 Å². The first-order chi connectivity index (χ1) is 13.3. The van der Waals surface area contributed by atoms with Gasteiger partial charge in [-0.25, -0.2) is 4.48 Å². The number of hydrogen-bond donors (Lipinski definition) is 0. The highest BCUT2D eigenvalue weighted by molar-refractivity contribution is 5.72. The summed E-state index contributed by atoms with van der Waals surface area (Å²) < 4.78 is 0.665. The van der Waals surface area contributed by atoms with Gasteiger partial charge >= 0.3 is 0 Å². The number of aryl methyl sites for hydroxylation is 1. The molecule has 0 atom stereocenters. The minimum Gasteiger partial charge on any atom is -0.223 e. The van der Waals surface area contributed by atoms with Crippen molar-refractivity contribution in [1.82, 2.24) is 4.48 Å². The molecule has 0 spiro atoms. The molecule has 4 aromatic rings. The Labute approximate surface area is 161 Å². The Morgan fingerprint density at radius 2 is 0.963 bits per heavy atom. The van der Waals surface area contributed by atoms with Crippen LogP contribution < -0.4 is 4.48 Å². The molecule has 0 fully saturated rings. The fraction of sp³-hybridized carbons (Fsp3) is 0.0769. The lowest BCUT2D eigenvalue weighted by Crippen LogP contribution is -2.38. The fourth-order valence-corrected chi connectivity index (χ4v) is 3.91. The predicted molar refractivity (Wildman–Crippen MR) is 115 cm³/mol. The van der Waals surface area contributed by atoms with Crippen molar-refractivity contribution in [3.05, 3.63) is 126 Å². The van der Waals surface area contributed by atoms with E-state index >= 15 is 0 Å². The van der Waals surface area contributed by atoms with Crippen LogP contribution in [0.15, 0.2) is 115 Å². The van der Waals surface area contributed by atoms with E-state index in [0.29, 0.717) is 4.48 Å². The molecule has 0 amide bonds. The van der Waals surface area contributed by atoms with E-state index in [0.717, 1.165) is 6.54 Å². The first-order valence-corrected chi connectivity index (χ1v) is 9.40. The zero-order valence-corrected chi connectivity index (χ0v) is 15.6. The van der Waals surface area contributed by atoms with E-state index in [-0.39, 0.29) is 0 Å². The number of benzene rings is 4. The van der Waals surface area contributed by atoms with E-state index in [1.165, 1.54) is 28.2 Å². The Kier molecular flexibility index (Phi) is 4.86. The van der Waals surface area contributed by atoms with E-state index in [4.69, 9.17) is 0 Å². The molecular weight excluding hydrogens is 326 g/mol. The normalized spacial score (nSPS) is 11.3. The van der Waals surface area contributed by atoms with Gasteiger partial charge in [-0.1, -0.05) is 84.9 Å². The lowest BCUT2D eigenvalue weighted by molar-refractivity contribution is 0.509. The summed E-state index contributed by atoms with van der Waals surface area (Å²) in [5, 5.41) is 0. The molecule has 0 unspecified atom stereocenters. The van der Waals surface area contributed by atoms with Gasteiger partial charge in [-0.2, -0.15) is 0 Å². The summed E-state index contributed by atoms with van der Waals surface area (Å²) in [5.74, 6) is 0. The van der Waals surface area contributed by atoms with Crippen molar-refractivity contribution >= 4 is 17.1 Å². The quantitative estimate of drug-likeness (QED) is 0.335. The summed E-state index contributed by atoms with van der Waals surface area (Å²) in [6.45, 7) is 3.07. The molecule has 0 aliphatic heterocycles. The molecule has 0 heterocycles. The minimum atomic E-state index is 0.665. The van der Waals surface area contributed by atoms with Crippen molar-refractivity contribution in [1.29, 1.82) is 0 Å². The van der Waals surface area contributed by atoms with Crippen molar-refractivity contribution < 1.29 is 0 Å². The molecule has 0 aliphatic carbocycles. The largest absolute Gasteiger partial charge is 0.223 e. The number of hydrogen-bond acceptors (Lipinski definition) is 0. The van der Waals surface area contributed by atoms with Crippen LogP contribution in [0.1, 0.15) is 11.1 Å². The van der Waals surface area contributed by atoms with E-state index < -0.39 is 0 Å². The highest BCUT2D eigenvalue weighted by Gasteiger charge is 2.37. The first-order valence-electron chi connectivity index (χ1n) is 9.40. The van der Waals surface area contributed by atoms with Crippen LogP contribution in [0.2, 0.25) is 0 Å². The Balaban J connectivity index is 2.04. The average molecular weight is 350 g/mol. The van der Waals surface area contributed by atoms with Crippen LogP contribution in [0.5, 0.6) is 0 Å². The van der Waals surface area contributed by atoms with Crippen molar-refractivity contribution in [2.45, 2.75) is 13.5 Å². The Bertz CT molecular complexity index is 952. The number of rotatable bonds is 5. The van der Waals surface area contributed by atoms with Gasteiger partial charge in [0.2, 0.25) is 0 Å². The molecule has 0 saturated heterocycles. The van der Waals surface area contributed by atoms with Crippen LogP contribution in [0.25, 0.3) is 0 Å². The second kappa shape index (κ2) is 7.61. The monoisotopic (exact) mass is 350 g/mol. The molecule has 0 aromatic heterocycles. The van der Waals surface area contributed by atoms with Crippen LogP contribution in [-0.4, -0.2) is 0 Å². The van der Waals surface area contributed by atoms with E-state index in [9.17, 15) is 0 Å². The van der Waals surface area contributed by atoms with Gasteiger partial charge in [0.25, 0.3) is 0 Å². The summed E-state index contributed by atoms with van der Waals surface area (Å²) in [6, 6.07) is 41.2. The number of para-hydroxylation sites is 3. The maximum atomic E-state index is 2.26. The summed E-state index contributed by atoms with van der Waals surface area (Å²) in [6.07, 6.45) is 0. The van der Waals surface area contributed by atoms with Crippen LogP contribution in [0, 0.1) is 6.92 Å². The summed E-state index contributed by atoms with van der Waals surface area (Å²) in [4.78, 5) is 0. The third-order valence-electron chi connectivity index (χ3n) is 5.18. The molecule has 1 nitrogen and oxygen atoms in total. The lowest BCUT2D eigenvalue weighted by atomic mass is 10.0. The van der Waals surface area contributed by atoms with E-state index in [1.54, 1.807) is 0 Å². The van der Waals surface area contributed by atoms with Crippen LogP contribution in [0.3, 0.4) is 0 Å². The molecule has 132 valence electrons. The first kappa shape index (κ1) is 17.3. The topological polar surface area (TPSA) is 0 Å². The Hall–Kier alpha value is -3.16. The smallest absolute Gasteiger partial charge is 0.146 e. The molecule has 0 aliphatic rings. The lowest BCUT2D eigenvalue weighted by Gasteiger charge is -2.38. The van der Waals surface area contributed by atoms with Gasteiger partial charge < -0.3 is 0 Å². The minimum absolute atomic E-state index is 0.665. The molecule has 0 radical (unpaired) electrons. The fourth-order valence-electron chi connectivity index (χ4n) is 3.91. The average Bonchev–Trinajstić information content (AvgIpc) is 2.75. The molecule has 0 saturated carbocycles. The van der Waals surface area contributed by atoms with Gasteiger partial charge in [0, 0.05) is 17.2 Å². The second-order valence-electron chi connectivity index (χ2n) is 6.91. The van der Waals surface area contributed by atoms with E-state index in [2.05, 4.69) is 122 Å².